The number of rotatable bonds is 6. The highest BCUT2D eigenvalue weighted by Gasteiger charge is 2.21. The predicted octanol–water partition coefficient (Wildman–Crippen LogP) is 3.30. The molecule has 3 rings (SSSR count). The third-order valence-corrected chi connectivity index (χ3v) is 6.58. The van der Waals surface area contributed by atoms with Gasteiger partial charge in [0.05, 0.1) is 22.3 Å². The van der Waals surface area contributed by atoms with Crippen molar-refractivity contribution in [3.63, 3.8) is 0 Å². The lowest BCUT2D eigenvalue weighted by Gasteiger charge is -2.13. The maximum atomic E-state index is 13.1. The molecule has 8 nitrogen and oxygen atoms in total. The first-order valence-electron chi connectivity index (χ1n) is 9.62. The number of anilines is 1. The standard InChI is InChI=1S/C21H21ClN4O4S/c1-31(29,30)19-7-6-14(9-16(19)22)15(8-13-4-2-3-5-13)21(28)26-20-12-24-17(11-25-20)18(27)10-23/h6-9,11-13,18,27H,2-5H2,1H3,(H,25,26,28)/b15-8+. The quantitative estimate of drug-likeness (QED) is 0.499. The molecule has 1 heterocycles. The molecule has 10 heteroatoms. The SMILES string of the molecule is CS(=O)(=O)c1ccc(/C(=C\C2CCCC2)C(=O)Nc2cnc(C(O)C#N)cn2)cc1Cl. The van der Waals surface area contributed by atoms with E-state index in [1.165, 1.54) is 24.5 Å². The number of amides is 1. The highest BCUT2D eigenvalue weighted by atomic mass is 35.5. The first-order chi connectivity index (χ1) is 14.7. The molecule has 1 aromatic heterocycles. The summed E-state index contributed by atoms with van der Waals surface area (Å²) in [5.41, 5.74) is 0.924. The van der Waals surface area contributed by atoms with E-state index in [2.05, 4.69) is 15.3 Å². The van der Waals surface area contributed by atoms with E-state index >= 15 is 0 Å². The number of allylic oxidation sites excluding steroid dienone is 1. The van der Waals surface area contributed by atoms with Crippen molar-refractivity contribution in [2.75, 3.05) is 11.6 Å². The molecule has 1 fully saturated rings. The van der Waals surface area contributed by atoms with Gasteiger partial charge in [-0.15, -0.1) is 0 Å². The van der Waals surface area contributed by atoms with Crippen molar-refractivity contribution in [2.24, 2.45) is 5.92 Å². The number of carbonyl (C=O) groups is 1. The van der Waals surface area contributed by atoms with E-state index in [9.17, 15) is 18.3 Å². The minimum atomic E-state index is -3.49. The van der Waals surface area contributed by atoms with Crippen molar-refractivity contribution < 1.29 is 18.3 Å². The van der Waals surface area contributed by atoms with E-state index in [0.29, 0.717) is 11.1 Å². The third kappa shape index (κ3) is 5.67. The third-order valence-electron chi connectivity index (χ3n) is 5.01. The highest BCUT2D eigenvalue weighted by Crippen LogP contribution is 2.32. The second kappa shape index (κ2) is 9.56. The molecule has 1 aromatic carbocycles. The molecule has 1 aliphatic rings. The number of aliphatic hydroxyl groups excluding tert-OH is 1. The fraction of sp³-hybridized carbons (Fsp3) is 0.333. The van der Waals surface area contributed by atoms with Crippen molar-refractivity contribution in [1.29, 1.82) is 5.26 Å². The van der Waals surface area contributed by atoms with Crippen LogP contribution < -0.4 is 5.32 Å². The number of halogens is 1. The summed E-state index contributed by atoms with van der Waals surface area (Å²) < 4.78 is 23.7. The molecular formula is C21H21ClN4O4S. The smallest absolute Gasteiger partial charge is 0.257 e. The lowest BCUT2D eigenvalue weighted by atomic mass is 9.98. The zero-order valence-corrected chi connectivity index (χ0v) is 18.3. The van der Waals surface area contributed by atoms with Gasteiger partial charge in [-0.2, -0.15) is 5.26 Å². The minimum absolute atomic E-state index is 0.00366. The van der Waals surface area contributed by atoms with Gasteiger partial charge in [0, 0.05) is 11.8 Å². The summed E-state index contributed by atoms with van der Waals surface area (Å²) in [5.74, 6) is -0.0682. The van der Waals surface area contributed by atoms with Gasteiger partial charge in [0.25, 0.3) is 5.91 Å². The van der Waals surface area contributed by atoms with E-state index < -0.39 is 21.8 Å². The van der Waals surface area contributed by atoms with E-state index in [4.69, 9.17) is 16.9 Å². The molecule has 1 saturated carbocycles. The largest absolute Gasteiger partial charge is 0.373 e. The molecule has 2 aromatic rings. The molecule has 1 aliphatic carbocycles. The molecule has 1 unspecified atom stereocenters. The van der Waals surface area contributed by atoms with Crippen LogP contribution >= 0.6 is 11.6 Å². The van der Waals surface area contributed by atoms with Crippen LogP contribution in [0.25, 0.3) is 5.57 Å². The molecule has 0 bridgehead atoms. The van der Waals surface area contributed by atoms with Gasteiger partial charge in [-0.1, -0.05) is 36.6 Å². The van der Waals surface area contributed by atoms with E-state index in [1.807, 2.05) is 6.08 Å². The number of aliphatic hydroxyl groups is 1. The van der Waals surface area contributed by atoms with Gasteiger partial charge in [0.15, 0.2) is 21.8 Å². The van der Waals surface area contributed by atoms with Crippen LogP contribution in [0.4, 0.5) is 5.82 Å². The van der Waals surface area contributed by atoms with Crippen molar-refractivity contribution in [3.8, 4) is 6.07 Å². The summed E-state index contributed by atoms with van der Waals surface area (Å²) in [4.78, 5) is 21.0. The van der Waals surface area contributed by atoms with Crippen LogP contribution in [0.5, 0.6) is 0 Å². The van der Waals surface area contributed by atoms with Gasteiger partial charge < -0.3 is 10.4 Å². The van der Waals surface area contributed by atoms with Crippen molar-refractivity contribution >= 4 is 38.7 Å². The fourth-order valence-electron chi connectivity index (χ4n) is 3.43. The van der Waals surface area contributed by atoms with Crippen molar-refractivity contribution in [3.05, 3.63) is 52.9 Å². The van der Waals surface area contributed by atoms with Crippen LogP contribution in [-0.2, 0) is 14.6 Å². The Kier molecular flexibility index (Phi) is 7.05. The Hall–Kier alpha value is -2.80. The molecule has 0 saturated heterocycles. The van der Waals surface area contributed by atoms with Crippen LogP contribution in [0, 0.1) is 17.2 Å². The molecule has 0 spiro atoms. The lowest BCUT2D eigenvalue weighted by molar-refractivity contribution is -0.111. The minimum Gasteiger partial charge on any atom is -0.373 e. The topological polar surface area (TPSA) is 133 Å². The Bertz CT molecular complexity index is 1150. The first-order valence-corrected chi connectivity index (χ1v) is 11.9. The number of carbonyl (C=O) groups excluding carboxylic acids is 1. The van der Waals surface area contributed by atoms with Gasteiger partial charge in [-0.3, -0.25) is 9.78 Å². The Balaban J connectivity index is 1.92. The number of nitrogens with zero attached hydrogens (tertiary/aromatic N) is 3. The molecule has 0 radical (unpaired) electrons. The Morgan fingerprint density at radius 2 is 2.03 bits per heavy atom. The van der Waals surface area contributed by atoms with Crippen LogP contribution in [0.1, 0.15) is 43.0 Å². The lowest BCUT2D eigenvalue weighted by Crippen LogP contribution is -2.16. The Labute approximate surface area is 185 Å². The molecular weight excluding hydrogens is 440 g/mol. The predicted molar refractivity (Wildman–Crippen MR) is 116 cm³/mol. The van der Waals surface area contributed by atoms with E-state index in [0.717, 1.165) is 31.9 Å². The molecule has 162 valence electrons. The number of hydrogen-bond acceptors (Lipinski definition) is 7. The number of nitrogens with one attached hydrogen (secondary N) is 1. The van der Waals surface area contributed by atoms with Gasteiger partial charge in [0.1, 0.15) is 11.8 Å². The second-order valence-electron chi connectivity index (χ2n) is 7.35. The molecule has 2 N–H and O–H groups in total. The van der Waals surface area contributed by atoms with Crippen LogP contribution in [0.3, 0.4) is 0 Å². The van der Waals surface area contributed by atoms with Crippen molar-refractivity contribution in [1.82, 2.24) is 9.97 Å². The monoisotopic (exact) mass is 460 g/mol. The molecule has 0 aliphatic heterocycles. The van der Waals surface area contributed by atoms with E-state index in [-0.39, 0.29) is 27.3 Å². The maximum Gasteiger partial charge on any atom is 0.257 e. The molecule has 1 amide bonds. The summed E-state index contributed by atoms with van der Waals surface area (Å²) >= 11 is 6.19. The van der Waals surface area contributed by atoms with Gasteiger partial charge in [0.2, 0.25) is 0 Å². The summed E-state index contributed by atoms with van der Waals surface area (Å²) in [6.07, 6.45) is 8.11. The number of nitriles is 1. The zero-order valence-electron chi connectivity index (χ0n) is 16.7. The summed E-state index contributed by atoms with van der Waals surface area (Å²) in [6.45, 7) is 0. The van der Waals surface area contributed by atoms with E-state index in [1.54, 1.807) is 12.1 Å². The summed E-state index contributed by atoms with van der Waals surface area (Å²) in [6, 6.07) is 6.06. The number of hydrogen-bond donors (Lipinski definition) is 2. The molecule has 1 atom stereocenters. The number of aromatic nitrogens is 2. The molecule has 31 heavy (non-hydrogen) atoms. The summed E-state index contributed by atoms with van der Waals surface area (Å²) in [5, 5.41) is 20.9. The maximum absolute atomic E-state index is 13.1. The average Bonchev–Trinajstić information content (AvgIpc) is 3.24. The first kappa shape index (κ1) is 22.9. The average molecular weight is 461 g/mol. The second-order valence-corrected chi connectivity index (χ2v) is 9.75. The Morgan fingerprint density at radius 1 is 1.32 bits per heavy atom. The number of benzene rings is 1. The Morgan fingerprint density at radius 3 is 2.58 bits per heavy atom. The van der Waals surface area contributed by atoms with Gasteiger partial charge >= 0.3 is 0 Å². The zero-order chi connectivity index (χ0) is 22.6. The normalized spacial score (nSPS) is 16.0. The van der Waals surface area contributed by atoms with Gasteiger partial charge in [-0.05, 0) is 36.5 Å². The summed E-state index contributed by atoms with van der Waals surface area (Å²) in [7, 11) is -3.49. The highest BCUT2D eigenvalue weighted by molar-refractivity contribution is 7.90. The fourth-order valence-corrected chi connectivity index (χ4v) is 4.75. The van der Waals surface area contributed by atoms with Crippen molar-refractivity contribution in [2.45, 2.75) is 36.7 Å². The van der Waals surface area contributed by atoms with Crippen LogP contribution in [-0.4, -0.2) is 35.7 Å². The van der Waals surface area contributed by atoms with Crippen LogP contribution in [0.2, 0.25) is 5.02 Å². The van der Waals surface area contributed by atoms with Crippen LogP contribution in [0.15, 0.2) is 41.6 Å². The van der Waals surface area contributed by atoms with Gasteiger partial charge in [-0.25, -0.2) is 13.4 Å². The number of sulfone groups is 1.